The SMILES string of the molecule is CSNc1ccc(-c2ccc(C(=O)N3CCCC3(C)CN3CCCC3)cc2)cn1. The first-order valence-electron chi connectivity index (χ1n) is 10.5. The Kier molecular flexibility index (Phi) is 6.11. The topological polar surface area (TPSA) is 48.5 Å². The Balaban J connectivity index is 1.47. The summed E-state index contributed by atoms with van der Waals surface area (Å²) in [6.45, 7) is 6.47. The number of carbonyl (C=O) groups is 1. The van der Waals surface area contributed by atoms with E-state index in [0.29, 0.717) is 0 Å². The van der Waals surface area contributed by atoms with Crippen molar-refractivity contribution >= 4 is 23.7 Å². The lowest BCUT2D eigenvalue weighted by molar-refractivity contribution is 0.0554. The lowest BCUT2D eigenvalue weighted by atomic mass is 9.97. The molecule has 154 valence electrons. The first-order valence-corrected chi connectivity index (χ1v) is 11.7. The summed E-state index contributed by atoms with van der Waals surface area (Å²) in [4.78, 5) is 22.3. The number of likely N-dealkylation sites (tertiary alicyclic amines) is 2. The fourth-order valence-electron chi connectivity index (χ4n) is 4.65. The van der Waals surface area contributed by atoms with Crippen LogP contribution in [-0.4, -0.2) is 58.7 Å². The maximum absolute atomic E-state index is 13.3. The molecule has 0 bridgehead atoms. The van der Waals surface area contributed by atoms with Crippen molar-refractivity contribution in [3.05, 3.63) is 48.2 Å². The van der Waals surface area contributed by atoms with Gasteiger partial charge in [0.2, 0.25) is 0 Å². The van der Waals surface area contributed by atoms with Crippen LogP contribution in [0.2, 0.25) is 0 Å². The van der Waals surface area contributed by atoms with Gasteiger partial charge in [-0.05, 0) is 75.5 Å². The highest BCUT2D eigenvalue weighted by Gasteiger charge is 2.41. The molecule has 5 nitrogen and oxygen atoms in total. The smallest absolute Gasteiger partial charge is 0.254 e. The van der Waals surface area contributed by atoms with E-state index < -0.39 is 0 Å². The van der Waals surface area contributed by atoms with Gasteiger partial charge in [0.15, 0.2) is 0 Å². The molecule has 0 saturated carbocycles. The van der Waals surface area contributed by atoms with E-state index >= 15 is 0 Å². The van der Waals surface area contributed by atoms with Gasteiger partial charge in [-0.3, -0.25) is 4.79 Å². The van der Waals surface area contributed by atoms with Crippen LogP contribution in [0.15, 0.2) is 42.6 Å². The monoisotopic (exact) mass is 410 g/mol. The fraction of sp³-hybridized carbons (Fsp3) is 0.478. The summed E-state index contributed by atoms with van der Waals surface area (Å²) in [6, 6.07) is 12.0. The second-order valence-electron chi connectivity index (χ2n) is 8.36. The number of nitrogens with zero attached hydrogens (tertiary/aromatic N) is 3. The molecule has 2 fully saturated rings. The number of aromatic nitrogens is 1. The molecular weight excluding hydrogens is 380 g/mol. The molecule has 29 heavy (non-hydrogen) atoms. The van der Waals surface area contributed by atoms with Crippen LogP contribution < -0.4 is 4.72 Å². The van der Waals surface area contributed by atoms with Crippen molar-refractivity contribution in [2.45, 2.75) is 38.1 Å². The van der Waals surface area contributed by atoms with Gasteiger partial charge in [0.1, 0.15) is 5.82 Å². The molecule has 1 aromatic carbocycles. The Morgan fingerprint density at radius 3 is 2.45 bits per heavy atom. The van der Waals surface area contributed by atoms with Crippen molar-refractivity contribution in [3.8, 4) is 11.1 Å². The van der Waals surface area contributed by atoms with Crippen LogP contribution >= 0.6 is 11.9 Å². The molecular formula is C23H30N4OS. The minimum absolute atomic E-state index is 0.0515. The molecule has 0 radical (unpaired) electrons. The van der Waals surface area contributed by atoms with Gasteiger partial charge in [0.05, 0.1) is 5.54 Å². The average molecular weight is 411 g/mol. The summed E-state index contributed by atoms with van der Waals surface area (Å²) >= 11 is 1.53. The number of benzene rings is 1. The number of amides is 1. The Labute approximate surface area is 178 Å². The standard InChI is InChI=1S/C23H30N4OS/c1-23(17-26-13-3-4-14-26)12-5-15-27(23)22(28)19-8-6-18(7-9-19)20-10-11-21(24-16-20)25-29-2/h6-11,16H,3-5,12-15,17H2,1-2H3,(H,24,25). The van der Waals surface area contributed by atoms with E-state index in [1.54, 1.807) is 0 Å². The molecule has 6 heteroatoms. The van der Waals surface area contributed by atoms with E-state index in [1.807, 2.05) is 42.8 Å². The molecule has 2 aromatic rings. The molecule has 1 amide bonds. The number of anilines is 1. The van der Waals surface area contributed by atoms with Gasteiger partial charge in [0, 0.05) is 36.7 Å². The third-order valence-electron chi connectivity index (χ3n) is 6.19. The van der Waals surface area contributed by atoms with Gasteiger partial charge >= 0.3 is 0 Å². The zero-order valence-electron chi connectivity index (χ0n) is 17.4. The average Bonchev–Trinajstić information content (AvgIpc) is 3.38. The molecule has 2 aliphatic rings. The summed E-state index contributed by atoms with van der Waals surface area (Å²) in [6.07, 6.45) is 8.60. The van der Waals surface area contributed by atoms with E-state index in [1.165, 1.54) is 37.9 Å². The van der Waals surface area contributed by atoms with Crippen LogP contribution in [-0.2, 0) is 0 Å². The van der Waals surface area contributed by atoms with Gasteiger partial charge in [0.25, 0.3) is 5.91 Å². The molecule has 0 aliphatic carbocycles. The number of pyridine rings is 1. The van der Waals surface area contributed by atoms with Crippen LogP contribution in [0.3, 0.4) is 0 Å². The Morgan fingerprint density at radius 1 is 1.07 bits per heavy atom. The molecule has 0 spiro atoms. The normalized spacial score (nSPS) is 22.2. The van der Waals surface area contributed by atoms with Crippen molar-refractivity contribution < 1.29 is 4.79 Å². The molecule has 1 aromatic heterocycles. The zero-order chi connectivity index (χ0) is 20.3. The van der Waals surface area contributed by atoms with Gasteiger partial charge in [-0.2, -0.15) is 0 Å². The van der Waals surface area contributed by atoms with Gasteiger partial charge in [-0.1, -0.05) is 24.1 Å². The van der Waals surface area contributed by atoms with Crippen LogP contribution in [0.5, 0.6) is 0 Å². The number of carbonyl (C=O) groups excluding carboxylic acids is 1. The van der Waals surface area contributed by atoms with Crippen molar-refractivity contribution in [2.24, 2.45) is 0 Å². The second-order valence-corrected chi connectivity index (χ2v) is 8.97. The lowest BCUT2D eigenvalue weighted by Gasteiger charge is -2.38. The molecule has 1 unspecified atom stereocenters. The van der Waals surface area contributed by atoms with Crippen molar-refractivity contribution in [1.29, 1.82) is 0 Å². The molecule has 4 rings (SSSR count). The maximum atomic E-state index is 13.3. The Hall–Kier alpha value is -2.05. The summed E-state index contributed by atoms with van der Waals surface area (Å²) in [5, 5.41) is 0. The zero-order valence-corrected chi connectivity index (χ0v) is 18.2. The number of nitrogens with one attached hydrogen (secondary N) is 1. The fourth-order valence-corrected chi connectivity index (χ4v) is 4.98. The maximum Gasteiger partial charge on any atom is 0.254 e. The summed E-state index contributed by atoms with van der Waals surface area (Å²) in [5.74, 6) is 1.01. The van der Waals surface area contributed by atoms with E-state index in [9.17, 15) is 4.79 Å². The highest BCUT2D eigenvalue weighted by Crippen LogP contribution is 2.32. The Morgan fingerprint density at radius 2 is 1.79 bits per heavy atom. The van der Waals surface area contributed by atoms with Gasteiger partial charge in [-0.25, -0.2) is 4.98 Å². The van der Waals surface area contributed by atoms with Crippen LogP contribution in [0.25, 0.3) is 11.1 Å². The van der Waals surface area contributed by atoms with Crippen LogP contribution in [0.4, 0.5) is 5.82 Å². The van der Waals surface area contributed by atoms with Crippen LogP contribution in [0, 0.1) is 0 Å². The van der Waals surface area contributed by atoms with E-state index in [2.05, 4.69) is 32.5 Å². The highest BCUT2D eigenvalue weighted by molar-refractivity contribution is 7.99. The number of rotatable bonds is 6. The van der Waals surface area contributed by atoms with E-state index in [4.69, 9.17) is 0 Å². The third kappa shape index (κ3) is 4.43. The van der Waals surface area contributed by atoms with Gasteiger partial charge in [-0.15, -0.1) is 0 Å². The summed E-state index contributed by atoms with van der Waals surface area (Å²) in [5.41, 5.74) is 2.85. The minimum Gasteiger partial charge on any atom is -0.332 e. The quantitative estimate of drug-likeness (QED) is 0.709. The molecule has 3 heterocycles. The predicted octanol–water partition coefficient (Wildman–Crippen LogP) is 4.53. The van der Waals surface area contributed by atoms with Crippen molar-refractivity contribution in [1.82, 2.24) is 14.8 Å². The van der Waals surface area contributed by atoms with Crippen LogP contribution in [0.1, 0.15) is 43.0 Å². The first kappa shape index (κ1) is 20.2. The highest BCUT2D eigenvalue weighted by atomic mass is 32.2. The van der Waals surface area contributed by atoms with E-state index in [0.717, 1.165) is 48.4 Å². The molecule has 1 atom stereocenters. The minimum atomic E-state index is -0.0515. The van der Waals surface area contributed by atoms with Gasteiger partial charge < -0.3 is 14.5 Å². The van der Waals surface area contributed by atoms with Crippen molar-refractivity contribution in [3.63, 3.8) is 0 Å². The molecule has 2 saturated heterocycles. The third-order valence-corrected chi connectivity index (χ3v) is 6.61. The first-order chi connectivity index (χ1) is 14.1. The number of hydrogen-bond acceptors (Lipinski definition) is 5. The molecule has 1 N–H and O–H groups in total. The molecule has 2 aliphatic heterocycles. The summed E-state index contributed by atoms with van der Waals surface area (Å²) < 4.78 is 3.13. The van der Waals surface area contributed by atoms with Crippen molar-refractivity contribution in [2.75, 3.05) is 37.2 Å². The number of hydrogen-bond donors (Lipinski definition) is 1. The predicted molar refractivity (Wildman–Crippen MR) is 121 cm³/mol. The van der Waals surface area contributed by atoms with E-state index in [-0.39, 0.29) is 11.4 Å². The second kappa shape index (κ2) is 8.76. The lowest BCUT2D eigenvalue weighted by Crippen LogP contribution is -2.51. The largest absolute Gasteiger partial charge is 0.332 e. The Bertz CT molecular complexity index is 833. The summed E-state index contributed by atoms with van der Waals surface area (Å²) in [7, 11) is 0.